The predicted molar refractivity (Wildman–Crippen MR) is 72.4 cm³/mol. The van der Waals surface area contributed by atoms with Crippen molar-refractivity contribution in [2.45, 2.75) is 12.5 Å². The number of nitrogens with one attached hydrogen (secondary N) is 1. The minimum atomic E-state index is -2.99. The fourth-order valence-electron chi connectivity index (χ4n) is 1.32. The van der Waals surface area contributed by atoms with Gasteiger partial charge in [0.25, 0.3) is 0 Å². The van der Waals surface area contributed by atoms with E-state index in [9.17, 15) is 8.42 Å². The molecular weight excluding hydrogens is 276 g/mol. The van der Waals surface area contributed by atoms with Crippen molar-refractivity contribution in [2.75, 3.05) is 18.6 Å². The van der Waals surface area contributed by atoms with Crippen molar-refractivity contribution < 1.29 is 13.2 Å². The highest BCUT2D eigenvalue weighted by atomic mass is 35.5. The summed E-state index contributed by atoms with van der Waals surface area (Å²) < 4.78 is 27.6. The Bertz CT molecular complexity index is 479. The molecule has 0 spiro atoms. The number of nitrogens with two attached hydrogens (primary N) is 1. The average molecular weight is 293 g/mol. The zero-order valence-electron chi connectivity index (χ0n) is 10.1. The summed E-state index contributed by atoms with van der Waals surface area (Å²) >= 11 is 5.82. The first kappa shape index (κ1) is 15.2. The fourth-order valence-corrected chi connectivity index (χ4v) is 2.22. The van der Waals surface area contributed by atoms with E-state index >= 15 is 0 Å². The third-order valence-electron chi connectivity index (χ3n) is 2.32. The van der Waals surface area contributed by atoms with Crippen molar-refractivity contribution in [3.63, 3.8) is 0 Å². The first-order chi connectivity index (χ1) is 8.40. The molecule has 1 aromatic carbocycles. The van der Waals surface area contributed by atoms with Gasteiger partial charge < -0.3 is 4.74 Å². The minimum Gasteiger partial charge on any atom is -0.492 e. The van der Waals surface area contributed by atoms with E-state index in [0.29, 0.717) is 17.2 Å². The molecule has 0 fully saturated rings. The molecule has 1 rings (SSSR count). The van der Waals surface area contributed by atoms with E-state index in [0.717, 1.165) is 0 Å². The van der Waals surface area contributed by atoms with Gasteiger partial charge in [0.05, 0.1) is 11.8 Å². The molecule has 0 saturated carbocycles. The van der Waals surface area contributed by atoms with Gasteiger partial charge in [0.1, 0.15) is 22.2 Å². The number of sulfone groups is 1. The van der Waals surface area contributed by atoms with Crippen molar-refractivity contribution in [2.24, 2.45) is 5.84 Å². The van der Waals surface area contributed by atoms with E-state index in [1.807, 2.05) is 0 Å². The van der Waals surface area contributed by atoms with Crippen molar-refractivity contribution in [3.05, 3.63) is 29.3 Å². The maximum Gasteiger partial charge on any atom is 0.147 e. The van der Waals surface area contributed by atoms with Crippen LogP contribution in [0.2, 0.25) is 5.02 Å². The van der Waals surface area contributed by atoms with Gasteiger partial charge >= 0.3 is 0 Å². The Morgan fingerprint density at radius 2 is 2.22 bits per heavy atom. The molecule has 3 N–H and O–H groups in total. The molecule has 0 saturated heterocycles. The molecule has 0 heterocycles. The van der Waals surface area contributed by atoms with Crippen molar-refractivity contribution in [1.29, 1.82) is 0 Å². The molecule has 7 heteroatoms. The molecule has 0 aliphatic carbocycles. The van der Waals surface area contributed by atoms with Crippen LogP contribution in [0.5, 0.6) is 5.75 Å². The Kier molecular flexibility index (Phi) is 5.87. The van der Waals surface area contributed by atoms with Gasteiger partial charge in [-0.2, -0.15) is 0 Å². The second-order valence-electron chi connectivity index (χ2n) is 4.05. The molecule has 102 valence electrons. The van der Waals surface area contributed by atoms with Gasteiger partial charge in [-0.15, -0.1) is 0 Å². The lowest BCUT2D eigenvalue weighted by Gasteiger charge is -2.16. The maximum absolute atomic E-state index is 11.0. The zero-order valence-corrected chi connectivity index (χ0v) is 11.7. The molecule has 1 aromatic rings. The van der Waals surface area contributed by atoms with Crippen molar-refractivity contribution >= 4 is 21.4 Å². The second-order valence-corrected chi connectivity index (χ2v) is 6.75. The van der Waals surface area contributed by atoms with E-state index in [2.05, 4.69) is 5.43 Å². The Morgan fingerprint density at radius 3 is 2.78 bits per heavy atom. The summed E-state index contributed by atoms with van der Waals surface area (Å²) in [5.41, 5.74) is 2.54. The van der Waals surface area contributed by atoms with Crippen LogP contribution in [0.3, 0.4) is 0 Å². The lowest BCUT2D eigenvalue weighted by Crippen LogP contribution is -2.40. The van der Waals surface area contributed by atoms with Crippen molar-refractivity contribution in [3.8, 4) is 5.75 Å². The molecular formula is C11H17ClN2O3S. The van der Waals surface area contributed by atoms with Gasteiger partial charge in [-0.25, -0.2) is 8.42 Å². The Hall–Kier alpha value is -0.820. The molecule has 1 unspecified atom stereocenters. The van der Waals surface area contributed by atoms with Gasteiger partial charge in [-0.3, -0.25) is 11.3 Å². The number of hydrazine groups is 1. The molecule has 5 nitrogen and oxygen atoms in total. The van der Waals surface area contributed by atoms with Crippen LogP contribution in [-0.2, 0) is 9.84 Å². The van der Waals surface area contributed by atoms with Gasteiger partial charge in [0.2, 0.25) is 0 Å². The van der Waals surface area contributed by atoms with Crippen LogP contribution in [0.25, 0.3) is 0 Å². The normalized spacial score (nSPS) is 13.3. The standard InChI is InChI=1S/C11H17ClN2O3S/c1-18(15,16)6-5-10(14-13)8-17-11-4-2-3-9(12)7-11/h2-4,7,10,14H,5-6,8,13H2,1H3. The monoisotopic (exact) mass is 292 g/mol. The van der Waals surface area contributed by atoms with E-state index in [-0.39, 0.29) is 18.4 Å². The number of halogens is 1. The lowest BCUT2D eigenvalue weighted by atomic mass is 10.2. The first-order valence-corrected chi connectivity index (χ1v) is 7.87. The van der Waals surface area contributed by atoms with E-state index in [1.54, 1.807) is 24.3 Å². The summed E-state index contributed by atoms with van der Waals surface area (Å²) in [6.07, 6.45) is 1.59. The Labute approximate surface area is 112 Å². The molecule has 0 aliphatic heterocycles. The van der Waals surface area contributed by atoms with Gasteiger partial charge in [-0.1, -0.05) is 17.7 Å². The maximum atomic E-state index is 11.0. The molecule has 18 heavy (non-hydrogen) atoms. The highest BCUT2D eigenvalue weighted by Crippen LogP contribution is 2.17. The van der Waals surface area contributed by atoms with Crippen LogP contribution < -0.4 is 16.0 Å². The largest absolute Gasteiger partial charge is 0.492 e. The summed E-state index contributed by atoms with van der Waals surface area (Å²) in [7, 11) is -2.99. The highest BCUT2D eigenvalue weighted by molar-refractivity contribution is 7.90. The number of rotatable bonds is 7. The SMILES string of the molecule is CS(=O)(=O)CCC(COc1cccc(Cl)c1)NN. The van der Waals surface area contributed by atoms with Crippen LogP contribution in [0.1, 0.15) is 6.42 Å². The molecule has 0 aromatic heterocycles. The van der Waals surface area contributed by atoms with E-state index < -0.39 is 9.84 Å². The van der Waals surface area contributed by atoms with Crippen LogP contribution in [0.15, 0.2) is 24.3 Å². The van der Waals surface area contributed by atoms with Crippen LogP contribution in [0.4, 0.5) is 0 Å². The fraction of sp³-hybridized carbons (Fsp3) is 0.455. The van der Waals surface area contributed by atoms with Crippen molar-refractivity contribution in [1.82, 2.24) is 5.43 Å². The Morgan fingerprint density at radius 1 is 1.50 bits per heavy atom. The molecule has 0 radical (unpaired) electrons. The van der Waals surface area contributed by atoms with E-state index in [1.165, 1.54) is 6.26 Å². The smallest absolute Gasteiger partial charge is 0.147 e. The highest BCUT2D eigenvalue weighted by Gasteiger charge is 2.11. The average Bonchev–Trinajstić information content (AvgIpc) is 2.28. The van der Waals surface area contributed by atoms with E-state index in [4.69, 9.17) is 22.2 Å². The van der Waals surface area contributed by atoms with Gasteiger partial charge in [0, 0.05) is 11.3 Å². The summed E-state index contributed by atoms with van der Waals surface area (Å²) in [6, 6.07) is 6.76. The third-order valence-corrected chi connectivity index (χ3v) is 3.53. The molecule has 1 atom stereocenters. The number of ether oxygens (including phenoxy) is 1. The summed E-state index contributed by atoms with van der Waals surface area (Å²) in [6.45, 7) is 0.284. The lowest BCUT2D eigenvalue weighted by molar-refractivity contribution is 0.262. The quantitative estimate of drug-likeness (QED) is 0.578. The second kappa shape index (κ2) is 6.94. The molecule has 0 bridgehead atoms. The summed E-state index contributed by atoms with van der Waals surface area (Å²) in [5.74, 6) is 6.04. The predicted octanol–water partition coefficient (Wildman–Crippen LogP) is 0.985. The minimum absolute atomic E-state index is 0.0702. The van der Waals surface area contributed by atoms with Crippen LogP contribution >= 0.6 is 11.6 Å². The van der Waals surface area contributed by atoms with Gasteiger partial charge in [0.15, 0.2) is 0 Å². The van der Waals surface area contributed by atoms with Crippen LogP contribution in [0, 0.1) is 0 Å². The first-order valence-electron chi connectivity index (χ1n) is 5.43. The summed E-state index contributed by atoms with van der Waals surface area (Å²) in [5, 5.41) is 0.584. The molecule has 0 aliphatic rings. The topological polar surface area (TPSA) is 81.4 Å². The van der Waals surface area contributed by atoms with Gasteiger partial charge in [-0.05, 0) is 24.6 Å². The number of benzene rings is 1. The summed E-state index contributed by atoms with van der Waals surface area (Å²) in [4.78, 5) is 0. The Balaban J connectivity index is 2.44. The zero-order chi connectivity index (χ0) is 13.6. The van der Waals surface area contributed by atoms with Crippen LogP contribution in [-0.4, -0.2) is 33.1 Å². The molecule has 0 amide bonds. The third kappa shape index (κ3) is 6.20. The number of hydrogen-bond donors (Lipinski definition) is 2. The number of hydrogen-bond acceptors (Lipinski definition) is 5.